The molecular formula is C31H31N3O4. The average molecular weight is 510 g/mol. The van der Waals surface area contributed by atoms with Gasteiger partial charge in [0.25, 0.3) is 0 Å². The van der Waals surface area contributed by atoms with Gasteiger partial charge in [0, 0.05) is 6.54 Å². The van der Waals surface area contributed by atoms with Gasteiger partial charge in [0.1, 0.15) is 11.5 Å². The molecule has 0 aromatic heterocycles. The molecule has 4 aromatic rings. The molecule has 0 radical (unpaired) electrons. The molecule has 5 rings (SSSR count). The zero-order chi connectivity index (χ0) is 26.5. The van der Waals surface area contributed by atoms with Crippen molar-refractivity contribution >= 4 is 11.7 Å². The SMILES string of the molecule is O=C1N(Cc2ccc(O)cc2)[C@H](Cc2ccccc2)[C@H](O)CN(c2ccccc2)N1Cc1ccc(O)cc1. The van der Waals surface area contributed by atoms with E-state index in [4.69, 9.17) is 0 Å². The highest BCUT2D eigenvalue weighted by molar-refractivity contribution is 5.78. The summed E-state index contributed by atoms with van der Waals surface area (Å²) in [4.78, 5) is 16.1. The second-order valence-electron chi connectivity index (χ2n) is 9.54. The number of aliphatic hydroxyl groups excluding tert-OH is 1. The number of carbonyl (C=O) groups excluding carboxylic acids is 1. The number of nitrogens with zero attached hydrogens (tertiary/aromatic N) is 3. The normalized spacial score (nSPS) is 17.9. The summed E-state index contributed by atoms with van der Waals surface area (Å²) in [5.41, 5.74) is 3.51. The standard InChI is InChI=1S/C31H31N3O4/c35-27-15-11-24(12-16-27)20-32-29(19-23-7-3-1-4-8-23)30(37)22-33(26-9-5-2-6-10-26)34(31(32)38)21-25-13-17-28(36)18-14-25/h1-18,29-30,35-37H,19-22H2/t29-,30-/m1/s1. The van der Waals surface area contributed by atoms with Crippen LogP contribution in [0.3, 0.4) is 0 Å². The second kappa shape index (κ2) is 11.3. The number of hydrazine groups is 1. The number of hydrogen-bond acceptors (Lipinski definition) is 5. The summed E-state index contributed by atoms with van der Waals surface area (Å²) in [7, 11) is 0. The Morgan fingerprint density at radius 2 is 1.18 bits per heavy atom. The molecule has 1 fully saturated rings. The fourth-order valence-electron chi connectivity index (χ4n) is 4.86. The number of aromatic hydroxyl groups is 2. The lowest BCUT2D eigenvalue weighted by molar-refractivity contribution is 0.0751. The molecule has 3 N–H and O–H groups in total. The summed E-state index contributed by atoms with van der Waals surface area (Å²) in [6, 6.07) is 32.3. The van der Waals surface area contributed by atoms with Crippen LogP contribution >= 0.6 is 0 Å². The van der Waals surface area contributed by atoms with Crippen molar-refractivity contribution in [2.45, 2.75) is 31.7 Å². The van der Waals surface area contributed by atoms with E-state index in [1.807, 2.05) is 65.7 Å². The molecule has 4 aromatic carbocycles. The van der Waals surface area contributed by atoms with Crippen LogP contribution in [0, 0.1) is 0 Å². The molecule has 7 nitrogen and oxygen atoms in total. The number of carbonyl (C=O) groups is 1. The van der Waals surface area contributed by atoms with Crippen molar-refractivity contribution in [1.29, 1.82) is 0 Å². The number of hydrogen-bond donors (Lipinski definition) is 3. The van der Waals surface area contributed by atoms with Gasteiger partial charge < -0.3 is 20.2 Å². The molecule has 0 unspecified atom stereocenters. The van der Waals surface area contributed by atoms with Gasteiger partial charge in [-0.25, -0.2) is 9.80 Å². The summed E-state index contributed by atoms with van der Waals surface area (Å²) in [5.74, 6) is 0.309. The molecule has 0 spiro atoms. The molecule has 38 heavy (non-hydrogen) atoms. The number of phenols is 2. The molecule has 194 valence electrons. The first-order valence-corrected chi connectivity index (χ1v) is 12.7. The van der Waals surface area contributed by atoms with Crippen LogP contribution in [0.2, 0.25) is 0 Å². The van der Waals surface area contributed by atoms with Crippen molar-refractivity contribution in [1.82, 2.24) is 9.91 Å². The highest BCUT2D eigenvalue weighted by atomic mass is 16.3. The summed E-state index contributed by atoms with van der Waals surface area (Å²) >= 11 is 0. The van der Waals surface area contributed by atoms with E-state index in [0.29, 0.717) is 6.42 Å². The fourth-order valence-corrected chi connectivity index (χ4v) is 4.86. The molecule has 0 saturated carbocycles. The topological polar surface area (TPSA) is 87.5 Å². The molecule has 1 heterocycles. The van der Waals surface area contributed by atoms with E-state index in [0.717, 1.165) is 22.4 Å². The number of anilines is 1. The Bertz CT molecular complexity index is 1330. The first-order chi connectivity index (χ1) is 18.5. The average Bonchev–Trinajstić information content (AvgIpc) is 3.03. The number of rotatable bonds is 7. The van der Waals surface area contributed by atoms with Crippen LogP contribution in [-0.2, 0) is 19.5 Å². The lowest BCUT2D eigenvalue weighted by atomic mass is 9.99. The minimum Gasteiger partial charge on any atom is -0.508 e. The van der Waals surface area contributed by atoms with Crippen LogP contribution in [0.4, 0.5) is 10.5 Å². The smallest absolute Gasteiger partial charge is 0.339 e. The monoisotopic (exact) mass is 509 g/mol. The van der Waals surface area contributed by atoms with Crippen molar-refractivity contribution in [3.8, 4) is 11.5 Å². The Morgan fingerprint density at radius 1 is 0.658 bits per heavy atom. The molecule has 0 aliphatic carbocycles. The fraction of sp³-hybridized carbons (Fsp3) is 0.194. The molecule has 0 bridgehead atoms. The molecule has 2 atom stereocenters. The van der Waals surface area contributed by atoms with Gasteiger partial charge in [0.05, 0.1) is 30.9 Å². The molecular weight excluding hydrogens is 478 g/mol. The van der Waals surface area contributed by atoms with E-state index in [2.05, 4.69) is 0 Å². The number of amides is 2. The molecule has 7 heteroatoms. The van der Waals surface area contributed by atoms with Crippen molar-refractivity contribution in [2.24, 2.45) is 0 Å². The van der Waals surface area contributed by atoms with Gasteiger partial charge in [-0.2, -0.15) is 0 Å². The molecule has 1 aliphatic heterocycles. The van der Waals surface area contributed by atoms with Crippen molar-refractivity contribution in [3.63, 3.8) is 0 Å². The Labute approximate surface area is 222 Å². The lowest BCUT2D eigenvalue weighted by Crippen LogP contribution is -2.51. The van der Waals surface area contributed by atoms with Crippen LogP contribution in [0.1, 0.15) is 16.7 Å². The van der Waals surface area contributed by atoms with Gasteiger partial charge in [0.2, 0.25) is 0 Å². The number of benzene rings is 4. The summed E-state index contributed by atoms with van der Waals surface area (Å²) in [6.45, 7) is 0.741. The molecule has 1 aliphatic rings. The molecule has 1 saturated heterocycles. The van der Waals surface area contributed by atoms with E-state index in [1.165, 1.54) is 0 Å². The third kappa shape index (κ3) is 5.74. The van der Waals surface area contributed by atoms with Crippen LogP contribution in [0.5, 0.6) is 11.5 Å². The Hall–Kier alpha value is -4.49. The summed E-state index contributed by atoms with van der Waals surface area (Å²) in [5, 5.41) is 34.7. The van der Waals surface area contributed by atoms with E-state index >= 15 is 0 Å². The number of β-amino-alcohol motifs (C(OH)–C–C–N with tert-alkyl or cyclic N) is 1. The Balaban J connectivity index is 1.57. The predicted octanol–water partition coefficient (Wildman–Crippen LogP) is 4.93. The van der Waals surface area contributed by atoms with Gasteiger partial charge >= 0.3 is 6.03 Å². The number of aliphatic hydroxyl groups is 1. The van der Waals surface area contributed by atoms with Gasteiger partial charge in [-0.3, -0.25) is 5.01 Å². The summed E-state index contributed by atoms with van der Waals surface area (Å²) in [6.07, 6.45) is -0.358. The Kier molecular flexibility index (Phi) is 7.47. The van der Waals surface area contributed by atoms with Crippen LogP contribution in [-0.4, -0.2) is 50.0 Å². The minimum atomic E-state index is -0.846. The first-order valence-electron chi connectivity index (χ1n) is 12.7. The van der Waals surface area contributed by atoms with Crippen molar-refractivity contribution < 1.29 is 20.1 Å². The first kappa shape index (κ1) is 25.2. The number of urea groups is 1. The van der Waals surface area contributed by atoms with Crippen molar-refractivity contribution in [3.05, 3.63) is 126 Å². The number of phenolic OH excluding ortho intramolecular Hbond substituents is 2. The zero-order valence-electron chi connectivity index (χ0n) is 21.0. The third-order valence-corrected chi connectivity index (χ3v) is 6.86. The van der Waals surface area contributed by atoms with Crippen LogP contribution in [0.25, 0.3) is 0 Å². The van der Waals surface area contributed by atoms with Crippen LogP contribution < -0.4 is 5.01 Å². The van der Waals surface area contributed by atoms with Crippen molar-refractivity contribution in [2.75, 3.05) is 11.6 Å². The van der Waals surface area contributed by atoms with E-state index in [9.17, 15) is 20.1 Å². The molecule has 2 amide bonds. The van der Waals surface area contributed by atoms with Crippen LogP contribution in [0.15, 0.2) is 109 Å². The van der Waals surface area contributed by atoms with Gasteiger partial charge in [-0.05, 0) is 59.5 Å². The third-order valence-electron chi connectivity index (χ3n) is 6.86. The van der Waals surface area contributed by atoms with E-state index in [1.54, 1.807) is 58.4 Å². The van der Waals surface area contributed by atoms with E-state index < -0.39 is 12.1 Å². The highest BCUT2D eigenvalue weighted by Crippen LogP contribution is 2.29. The maximum atomic E-state index is 14.4. The zero-order valence-corrected chi connectivity index (χ0v) is 21.0. The lowest BCUT2D eigenvalue weighted by Gasteiger charge is -2.37. The number of para-hydroxylation sites is 1. The van der Waals surface area contributed by atoms with Gasteiger partial charge in [-0.1, -0.05) is 72.8 Å². The predicted molar refractivity (Wildman–Crippen MR) is 146 cm³/mol. The quantitative estimate of drug-likeness (QED) is 0.329. The second-order valence-corrected chi connectivity index (χ2v) is 9.54. The maximum absolute atomic E-state index is 14.4. The van der Waals surface area contributed by atoms with Gasteiger partial charge in [-0.15, -0.1) is 0 Å². The maximum Gasteiger partial charge on any atom is 0.339 e. The Morgan fingerprint density at radius 3 is 1.76 bits per heavy atom. The van der Waals surface area contributed by atoms with E-state index in [-0.39, 0.29) is 37.2 Å². The highest BCUT2D eigenvalue weighted by Gasteiger charge is 2.40. The largest absolute Gasteiger partial charge is 0.508 e. The minimum absolute atomic E-state index is 0.154. The van der Waals surface area contributed by atoms with Gasteiger partial charge in [0.15, 0.2) is 0 Å². The summed E-state index contributed by atoms with van der Waals surface area (Å²) < 4.78 is 0.